The predicted octanol–water partition coefficient (Wildman–Crippen LogP) is 4.01. The number of rotatable bonds is 4. The molecule has 0 aromatic carbocycles. The van der Waals surface area contributed by atoms with E-state index in [0.29, 0.717) is 11.8 Å². The van der Waals surface area contributed by atoms with Crippen LogP contribution in [0.3, 0.4) is 0 Å². The number of hydrogen-bond acceptors (Lipinski definition) is 2. The summed E-state index contributed by atoms with van der Waals surface area (Å²) in [5.74, 6) is 2.70. The van der Waals surface area contributed by atoms with Gasteiger partial charge in [0.1, 0.15) is 0 Å². The Bertz CT molecular complexity index is 379. The maximum atomic E-state index is 4.54. The second kappa shape index (κ2) is 7.00. The maximum absolute atomic E-state index is 4.54. The standard InChI is InChI=1S/C19H34N2/c1-7-20-10-12-21(13-11-20)17(6)19-16(5)9-8-15(4)18(19)14(2)3/h15-16,18-19H,2,6-13H2,1,3-5H3. The van der Waals surface area contributed by atoms with E-state index < -0.39 is 0 Å². The summed E-state index contributed by atoms with van der Waals surface area (Å²) in [5.41, 5.74) is 2.74. The Hall–Kier alpha value is -0.760. The van der Waals surface area contributed by atoms with Gasteiger partial charge in [0.05, 0.1) is 0 Å². The second-order valence-corrected chi connectivity index (χ2v) is 7.34. The summed E-state index contributed by atoms with van der Waals surface area (Å²) in [6, 6.07) is 0. The molecule has 1 saturated carbocycles. The van der Waals surface area contributed by atoms with Crippen LogP contribution in [0.2, 0.25) is 0 Å². The lowest BCUT2D eigenvalue weighted by Gasteiger charge is -2.47. The lowest BCUT2D eigenvalue weighted by molar-refractivity contribution is 0.102. The molecule has 1 aliphatic heterocycles. The molecule has 0 amide bonds. The first kappa shape index (κ1) is 16.6. The van der Waals surface area contributed by atoms with Crippen LogP contribution in [0.4, 0.5) is 0 Å². The Labute approximate surface area is 131 Å². The van der Waals surface area contributed by atoms with Gasteiger partial charge in [0.2, 0.25) is 0 Å². The molecule has 4 atom stereocenters. The molecule has 0 aromatic heterocycles. The minimum absolute atomic E-state index is 0.597. The summed E-state index contributed by atoms with van der Waals surface area (Å²) in [5, 5.41) is 0. The van der Waals surface area contributed by atoms with Crippen LogP contribution in [0, 0.1) is 23.7 Å². The smallest absolute Gasteiger partial charge is 0.0303 e. The molecule has 2 heteroatoms. The average Bonchev–Trinajstić information content (AvgIpc) is 2.48. The maximum Gasteiger partial charge on any atom is 0.0303 e. The highest BCUT2D eigenvalue weighted by molar-refractivity contribution is 5.15. The van der Waals surface area contributed by atoms with Gasteiger partial charge in [-0.3, -0.25) is 0 Å². The van der Waals surface area contributed by atoms with Gasteiger partial charge >= 0.3 is 0 Å². The van der Waals surface area contributed by atoms with Gasteiger partial charge in [0.25, 0.3) is 0 Å². The third kappa shape index (κ3) is 3.53. The van der Waals surface area contributed by atoms with Crippen LogP contribution >= 0.6 is 0 Å². The Morgan fingerprint density at radius 1 is 0.952 bits per heavy atom. The molecule has 1 aliphatic carbocycles. The van der Waals surface area contributed by atoms with Crippen molar-refractivity contribution in [1.82, 2.24) is 9.80 Å². The van der Waals surface area contributed by atoms with E-state index >= 15 is 0 Å². The van der Waals surface area contributed by atoms with E-state index in [1.807, 2.05) is 0 Å². The molecule has 120 valence electrons. The summed E-state index contributed by atoms with van der Waals surface area (Å²) < 4.78 is 0. The van der Waals surface area contributed by atoms with E-state index in [0.717, 1.165) is 24.9 Å². The SMILES string of the molecule is C=C(C)C1C(C)CCC(C)C1C(=C)N1CCN(CC)CC1. The quantitative estimate of drug-likeness (QED) is 0.722. The summed E-state index contributed by atoms with van der Waals surface area (Å²) in [6.45, 7) is 24.0. The summed E-state index contributed by atoms with van der Waals surface area (Å²) in [6.07, 6.45) is 2.68. The fraction of sp³-hybridized carbons (Fsp3) is 0.789. The molecular weight excluding hydrogens is 256 g/mol. The first-order valence-corrected chi connectivity index (χ1v) is 8.77. The zero-order chi connectivity index (χ0) is 15.6. The van der Waals surface area contributed by atoms with Crippen molar-refractivity contribution in [3.05, 3.63) is 24.4 Å². The predicted molar refractivity (Wildman–Crippen MR) is 92.2 cm³/mol. The Kier molecular flexibility index (Phi) is 5.54. The van der Waals surface area contributed by atoms with Crippen molar-refractivity contribution in [2.75, 3.05) is 32.7 Å². The largest absolute Gasteiger partial charge is 0.372 e. The molecule has 1 heterocycles. The molecule has 0 radical (unpaired) electrons. The fourth-order valence-corrected chi connectivity index (χ4v) is 4.48. The van der Waals surface area contributed by atoms with Gasteiger partial charge in [-0.05, 0) is 44.1 Å². The van der Waals surface area contributed by atoms with Crippen molar-refractivity contribution in [3.63, 3.8) is 0 Å². The van der Waals surface area contributed by atoms with Crippen LogP contribution in [0.1, 0.15) is 40.5 Å². The first-order chi connectivity index (χ1) is 9.95. The van der Waals surface area contributed by atoms with E-state index in [9.17, 15) is 0 Å². The van der Waals surface area contributed by atoms with Crippen molar-refractivity contribution < 1.29 is 0 Å². The normalized spacial score (nSPS) is 34.8. The highest BCUT2D eigenvalue weighted by atomic mass is 15.3. The molecule has 2 nitrogen and oxygen atoms in total. The van der Waals surface area contributed by atoms with Crippen molar-refractivity contribution in [3.8, 4) is 0 Å². The van der Waals surface area contributed by atoms with Gasteiger partial charge in [0.15, 0.2) is 0 Å². The van der Waals surface area contributed by atoms with Crippen molar-refractivity contribution >= 4 is 0 Å². The molecule has 2 aliphatic rings. The Morgan fingerprint density at radius 2 is 1.48 bits per heavy atom. The highest BCUT2D eigenvalue weighted by Crippen LogP contribution is 2.45. The van der Waals surface area contributed by atoms with Crippen LogP contribution < -0.4 is 0 Å². The molecule has 0 N–H and O–H groups in total. The number of hydrogen-bond donors (Lipinski definition) is 0. The number of likely N-dealkylation sites (N-methyl/N-ethyl adjacent to an activating group) is 1. The zero-order valence-corrected chi connectivity index (χ0v) is 14.6. The van der Waals surface area contributed by atoms with E-state index in [4.69, 9.17) is 0 Å². The lowest BCUT2D eigenvalue weighted by Crippen LogP contribution is -2.48. The molecule has 1 saturated heterocycles. The molecule has 2 rings (SSSR count). The van der Waals surface area contributed by atoms with Gasteiger partial charge in [-0.2, -0.15) is 0 Å². The van der Waals surface area contributed by atoms with E-state index in [1.165, 1.54) is 43.7 Å². The zero-order valence-electron chi connectivity index (χ0n) is 14.6. The summed E-state index contributed by atoms with van der Waals surface area (Å²) >= 11 is 0. The second-order valence-electron chi connectivity index (χ2n) is 7.34. The highest BCUT2D eigenvalue weighted by Gasteiger charge is 2.39. The first-order valence-electron chi connectivity index (χ1n) is 8.77. The molecule has 0 spiro atoms. The van der Waals surface area contributed by atoms with E-state index in [2.05, 4.69) is 50.7 Å². The molecule has 0 aromatic rings. The molecule has 2 fully saturated rings. The molecule has 4 unspecified atom stereocenters. The Morgan fingerprint density at radius 3 is 1.95 bits per heavy atom. The van der Waals surface area contributed by atoms with Gasteiger partial charge in [-0.25, -0.2) is 0 Å². The monoisotopic (exact) mass is 290 g/mol. The number of allylic oxidation sites excluding steroid dienone is 2. The topological polar surface area (TPSA) is 6.48 Å². The number of piperazine rings is 1. The van der Waals surface area contributed by atoms with Crippen molar-refractivity contribution in [2.24, 2.45) is 23.7 Å². The van der Waals surface area contributed by atoms with Crippen LogP contribution in [0.25, 0.3) is 0 Å². The van der Waals surface area contributed by atoms with Gasteiger partial charge in [-0.15, -0.1) is 0 Å². The van der Waals surface area contributed by atoms with Crippen LogP contribution in [-0.4, -0.2) is 42.5 Å². The Balaban J connectivity index is 2.09. The van der Waals surface area contributed by atoms with Crippen molar-refractivity contribution in [2.45, 2.75) is 40.5 Å². The van der Waals surface area contributed by atoms with E-state index in [-0.39, 0.29) is 0 Å². The lowest BCUT2D eigenvalue weighted by atomic mass is 9.64. The van der Waals surface area contributed by atoms with Crippen LogP contribution in [-0.2, 0) is 0 Å². The average molecular weight is 290 g/mol. The van der Waals surface area contributed by atoms with Gasteiger partial charge in [-0.1, -0.05) is 39.5 Å². The van der Waals surface area contributed by atoms with Gasteiger partial charge < -0.3 is 9.80 Å². The molecule has 21 heavy (non-hydrogen) atoms. The van der Waals surface area contributed by atoms with E-state index in [1.54, 1.807) is 0 Å². The van der Waals surface area contributed by atoms with Crippen LogP contribution in [0.5, 0.6) is 0 Å². The molecule has 0 bridgehead atoms. The molecular formula is C19H34N2. The minimum atomic E-state index is 0.597. The minimum Gasteiger partial charge on any atom is -0.372 e. The summed E-state index contributed by atoms with van der Waals surface area (Å²) in [7, 11) is 0. The summed E-state index contributed by atoms with van der Waals surface area (Å²) in [4.78, 5) is 5.09. The van der Waals surface area contributed by atoms with Gasteiger partial charge in [0, 0.05) is 37.8 Å². The van der Waals surface area contributed by atoms with Crippen LogP contribution in [0.15, 0.2) is 24.4 Å². The number of nitrogens with zero attached hydrogens (tertiary/aromatic N) is 2. The third-order valence-electron chi connectivity index (χ3n) is 5.87. The van der Waals surface area contributed by atoms with Crippen molar-refractivity contribution in [1.29, 1.82) is 0 Å². The third-order valence-corrected chi connectivity index (χ3v) is 5.87. The fourth-order valence-electron chi connectivity index (χ4n) is 4.48.